The van der Waals surface area contributed by atoms with Crippen molar-refractivity contribution in [2.75, 3.05) is 31.2 Å². The van der Waals surface area contributed by atoms with Gasteiger partial charge in [-0.15, -0.1) is 0 Å². The maximum absolute atomic E-state index is 12.7. The predicted octanol–water partition coefficient (Wildman–Crippen LogP) is 2.27. The summed E-state index contributed by atoms with van der Waals surface area (Å²) in [4.78, 5) is 37.3. The van der Waals surface area contributed by atoms with Gasteiger partial charge in [0.25, 0.3) is 17.5 Å². The molecule has 0 aliphatic carbocycles. The van der Waals surface area contributed by atoms with E-state index in [1.807, 2.05) is 4.90 Å². The Balaban J connectivity index is 1.78. The van der Waals surface area contributed by atoms with E-state index in [0.717, 1.165) is 4.47 Å². The fraction of sp³-hybridized carbons (Fsp3) is 0.222. The molecule has 146 valence electrons. The second-order valence-electron chi connectivity index (χ2n) is 5.97. The summed E-state index contributed by atoms with van der Waals surface area (Å²) in [7, 11) is 0. The van der Waals surface area contributed by atoms with E-state index >= 15 is 0 Å². The van der Waals surface area contributed by atoms with Crippen molar-refractivity contribution in [3.63, 3.8) is 0 Å². The first-order valence-corrected chi connectivity index (χ1v) is 9.22. The molecule has 2 N–H and O–H groups in total. The monoisotopic (exact) mass is 448 g/mol. The van der Waals surface area contributed by atoms with E-state index < -0.39 is 16.7 Å². The minimum Gasteiger partial charge on any atom is -0.378 e. The number of benzene rings is 2. The van der Waals surface area contributed by atoms with Gasteiger partial charge in [-0.25, -0.2) is 0 Å². The zero-order chi connectivity index (χ0) is 20.1. The van der Waals surface area contributed by atoms with Crippen LogP contribution in [0.25, 0.3) is 0 Å². The molecule has 0 spiro atoms. The Hall–Kier alpha value is -2.98. The van der Waals surface area contributed by atoms with Crippen LogP contribution in [-0.4, -0.2) is 43.0 Å². The highest BCUT2D eigenvalue weighted by molar-refractivity contribution is 9.10. The lowest BCUT2D eigenvalue weighted by atomic mass is 10.1. The quantitative estimate of drug-likeness (QED) is 0.547. The lowest BCUT2D eigenvalue weighted by Crippen LogP contribution is -2.43. The average molecular weight is 449 g/mol. The van der Waals surface area contributed by atoms with Gasteiger partial charge in [-0.3, -0.25) is 30.6 Å². The highest BCUT2D eigenvalue weighted by Gasteiger charge is 2.22. The molecule has 1 aliphatic rings. The zero-order valence-electron chi connectivity index (χ0n) is 14.7. The van der Waals surface area contributed by atoms with Gasteiger partial charge >= 0.3 is 0 Å². The molecule has 0 atom stereocenters. The van der Waals surface area contributed by atoms with Crippen LogP contribution in [0.1, 0.15) is 20.7 Å². The van der Waals surface area contributed by atoms with Crippen molar-refractivity contribution < 1.29 is 19.2 Å². The number of nitrogens with zero attached hydrogens (tertiary/aromatic N) is 2. The Bertz CT molecular complexity index is 897. The normalized spacial score (nSPS) is 13.7. The Labute approximate surface area is 168 Å². The van der Waals surface area contributed by atoms with Crippen LogP contribution in [0.4, 0.5) is 11.4 Å². The van der Waals surface area contributed by atoms with Crippen LogP contribution >= 0.6 is 15.9 Å². The number of non-ortho nitro benzene ring substituents is 1. The van der Waals surface area contributed by atoms with E-state index in [1.54, 1.807) is 24.3 Å². The first kappa shape index (κ1) is 19.8. The van der Waals surface area contributed by atoms with Gasteiger partial charge in [0.2, 0.25) is 0 Å². The maximum Gasteiger partial charge on any atom is 0.272 e. The molecule has 2 amide bonds. The van der Waals surface area contributed by atoms with Crippen molar-refractivity contribution in [2.45, 2.75) is 0 Å². The first-order chi connectivity index (χ1) is 13.5. The molecule has 0 bridgehead atoms. The second kappa shape index (κ2) is 8.81. The number of hydrogen-bond acceptors (Lipinski definition) is 6. The molecule has 3 rings (SSSR count). The van der Waals surface area contributed by atoms with Crippen LogP contribution in [0.2, 0.25) is 0 Å². The van der Waals surface area contributed by atoms with E-state index in [1.165, 1.54) is 18.2 Å². The van der Waals surface area contributed by atoms with E-state index in [9.17, 15) is 19.7 Å². The third kappa shape index (κ3) is 4.65. The molecule has 9 nitrogen and oxygen atoms in total. The number of nitrogens with one attached hydrogen (secondary N) is 2. The van der Waals surface area contributed by atoms with E-state index in [-0.39, 0.29) is 11.3 Å². The Kier molecular flexibility index (Phi) is 6.22. The molecule has 1 heterocycles. The highest BCUT2D eigenvalue weighted by atomic mass is 79.9. The van der Waals surface area contributed by atoms with Gasteiger partial charge < -0.3 is 9.64 Å². The molecule has 1 fully saturated rings. The van der Waals surface area contributed by atoms with Gasteiger partial charge in [-0.1, -0.05) is 15.9 Å². The molecular weight excluding hydrogens is 432 g/mol. The lowest BCUT2D eigenvalue weighted by molar-refractivity contribution is -0.384. The smallest absolute Gasteiger partial charge is 0.272 e. The van der Waals surface area contributed by atoms with Gasteiger partial charge in [-0.2, -0.15) is 0 Å². The predicted molar refractivity (Wildman–Crippen MR) is 105 cm³/mol. The molecule has 2 aromatic rings. The standard InChI is InChI=1S/C18H17BrN4O5/c19-13-3-1-12(2-4-13)17(24)20-21-18(25)15-11-14(23(26)27)5-6-16(15)22-7-9-28-10-8-22/h1-6,11H,7-10H2,(H,20,24)(H,21,25). The maximum atomic E-state index is 12.7. The minimum atomic E-state index is -0.643. The summed E-state index contributed by atoms with van der Waals surface area (Å²) in [5.41, 5.74) is 5.46. The van der Waals surface area contributed by atoms with Crippen molar-refractivity contribution in [3.05, 3.63) is 68.2 Å². The van der Waals surface area contributed by atoms with Crippen LogP contribution in [0.15, 0.2) is 46.9 Å². The van der Waals surface area contributed by atoms with Crippen LogP contribution in [0.5, 0.6) is 0 Å². The summed E-state index contributed by atoms with van der Waals surface area (Å²) in [6, 6.07) is 10.7. The number of morpholine rings is 1. The summed E-state index contributed by atoms with van der Waals surface area (Å²) in [6.07, 6.45) is 0. The lowest BCUT2D eigenvalue weighted by Gasteiger charge is -2.30. The zero-order valence-corrected chi connectivity index (χ0v) is 16.3. The third-order valence-electron chi connectivity index (χ3n) is 4.18. The number of hydrogen-bond donors (Lipinski definition) is 2. The van der Waals surface area contributed by atoms with Crippen LogP contribution in [0, 0.1) is 10.1 Å². The third-order valence-corrected chi connectivity index (χ3v) is 4.71. The topological polar surface area (TPSA) is 114 Å². The second-order valence-corrected chi connectivity index (χ2v) is 6.89. The number of nitro groups is 1. The molecule has 28 heavy (non-hydrogen) atoms. The molecule has 0 radical (unpaired) electrons. The van der Waals surface area contributed by atoms with Crippen LogP contribution in [0.3, 0.4) is 0 Å². The Morgan fingerprint density at radius 1 is 1.04 bits per heavy atom. The minimum absolute atomic E-state index is 0.104. The summed E-state index contributed by atoms with van der Waals surface area (Å²) in [5, 5.41) is 11.1. The number of carbonyl (C=O) groups is 2. The average Bonchev–Trinajstić information content (AvgIpc) is 2.72. The van der Waals surface area contributed by atoms with Gasteiger partial charge in [0.1, 0.15) is 0 Å². The highest BCUT2D eigenvalue weighted by Crippen LogP contribution is 2.26. The Morgan fingerprint density at radius 3 is 2.32 bits per heavy atom. The molecule has 1 saturated heterocycles. The van der Waals surface area contributed by atoms with Crippen molar-refractivity contribution in [1.29, 1.82) is 0 Å². The van der Waals surface area contributed by atoms with Gasteiger partial charge in [0, 0.05) is 35.3 Å². The molecular formula is C18H17BrN4O5. The fourth-order valence-corrected chi connectivity index (χ4v) is 3.02. The fourth-order valence-electron chi connectivity index (χ4n) is 2.75. The number of halogens is 1. The summed E-state index contributed by atoms with van der Waals surface area (Å²) < 4.78 is 6.13. The van der Waals surface area contributed by atoms with Gasteiger partial charge in [0.15, 0.2) is 0 Å². The molecule has 2 aromatic carbocycles. The molecule has 0 aromatic heterocycles. The van der Waals surface area contributed by atoms with Crippen LogP contribution in [-0.2, 0) is 4.74 Å². The van der Waals surface area contributed by atoms with Crippen LogP contribution < -0.4 is 15.8 Å². The van der Waals surface area contributed by atoms with Crippen molar-refractivity contribution >= 4 is 39.1 Å². The SMILES string of the molecule is O=C(NNC(=O)c1cc([N+](=O)[O-])ccc1N1CCOCC1)c1ccc(Br)cc1. The molecule has 1 aliphatic heterocycles. The summed E-state index contributed by atoms with van der Waals surface area (Å²) in [5.74, 6) is -1.14. The first-order valence-electron chi connectivity index (χ1n) is 8.43. The number of amides is 2. The summed E-state index contributed by atoms with van der Waals surface area (Å²) in [6.45, 7) is 2.11. The molecule has 0 unspecified atom stereocenters. The van der Waals surface area contributed by atoms with Crippen molar-refractivity contribution in [1.82, 2.24) is 10.9 Å². The number of rotatable bonds is 4. The number of hydrazine groups is 1. The molecule has 10 heteroatoms. The van der Waals surface area contributed by atoms with Crippen molar-refractivity contribution in [3.8, 4) is 0 Å². The number of anilines is 1. The number of carbonyl (C=O) groups excluding carboxylic acids is 2. The summed E-state index contributed by atoms with van der Waals surface area (Å²) >= 11 is 3.28. The largest absolute Gasteiger partial charge is 0.378 e. The van der Waals surface area contributed by atoms with Gasteiger partial charge in [-0.05, 0) is 30.3 Å². The van der Waals surface area contributed by atoms with Gasteiger partial charge in [0.05, 0.1) is 29.4 Å². The van der Waals surface area contributed by atoms with E-state index in [2.05, 4.69) is 26.8 Å². The van der Waals surface area contributed by atoms with E-state index in [4.69, 9.17) is 4.74 Å². The Morgan fingerprint density at radius 2 is 1.68 bits per heavy atom. The molecule has 0 saturated carbocycles. The van der Waals surface area contributed by atoms with E-state index in [0.29, 0.717) is 37.6 Å². The number of ether oxygens (including phenoxy) is 1. The van der Waals surface area contributed by atoms with Crippen molar-refractivity contribution in [2.24, 2.45) is 0 Å². The number of nitro benzene ring substituents is 1.